The number of benzene rings is 1. The minimum Gasteiger partial charge on any atom is -0.339 e. The van der Waals surface area contributed by atoms with Crippen LogP contribution in [0.25, 0.3) is 10.9 Å². The lowest BCUT2D eigenvalue weighted by molar-refractivity contribution is -0.132. The Morgan fingerprint density at radius 1 is 1.32 bits per heavy atom. The molecule has 1 aliphatic rings. The average molecular weight is 338 g/mol. The Balaban J connectivity index is 1.54. The largest absolute Gasteiger partial charge is 0.339 e. The van der Waals surface area contributed by atoms with Crippen molar-refractivity contribution in [3.63, 3.8) is 0 Å². The number of likely N-dealkylation sites (tertiary alicyclic amines) is 1. The SMILES string of the molecule is CC(C)c1nc(C2CCCN2C(=O)Cn2ccc3ccccc32)no1. The number of fused-ring (bicyclic) bond motifs is 1. The van der Waals surface area contributed by atoms with Crippen molar-refractivity contribution < 1.29 is 9.32 Å². The van der Waals surface area contributed by atoms with E-state index in [9.17, 15) is 4.79 Å². The number of amides is 1. The molecule has 4 rings (SSSR count). The topological polar surface area (TPSA) is 64.2 Å². The number of para-hydroxylation sites is 1. The Hall–Kier alpha value is -2.63. The zero-order valence-electron chi connectivity index (χ0n) is 14.6. The lowest BCUT2D eigenvalue weighted by atomic mass is 10.2. The molecule has 1 aromatic carbocycles. The molecule has 130 valence electrons. The van der Waals surface area contributed by atoms with E-state index in [0.717, 1.165) is 30.3 Å². The first-order valence-electron chi connectivity index (χ1n) is 8.80. The highest BCUT2D eigenvalue weighted by molar-refractivity contribution is 5.83. The first-order chi connectivity index (χ1) is 12.1. The molecule has 2 aromatic heterocycles. The van der Waals surface area contributed by atoms with Gasteiger partial charge in [0.1, 0.15) is 6.54 Å². The molecule has 1 saturated heterocycles. The summed E-state index contributed by atoms with van der Waals surface area (Å²) < 4.78 is 7.33. The van der Waals surface area contributed by atoms with E-state index in [0.29, 0.717) is 18.3 Å². The van der Waals surface area contributed by atoms with Crippen molar-refractivity contribution in [2.24, 2.45) is 0 Å². The van der Waals surface area contributed by atoms with Crippen LogP contribution in [0.5, 0.6) is 0 Å². The molecule has 3 aromatic rings. The van der Waals surface area contributed by atoms with Crippen LogP contribution in [0.15, 0.2) is 41.1 Å². The maximum absolute atomic E-state index is 12.9. The van der Waals surface area contributed by atoms with E-state index in [1.54, 1.807) is 0 Å². The van der Waals surface area contributed by atoms with Crippen LogP contribution in [0.2, 0.25) is 0 Å². The number of aromatic nitrogens is 3. The van der Waals surface area contributed by atoms with E-state index in [2.05, 4.69) is 16.2 Å². The zero-order chi connectivity index (χ0) is 17.4. The molecule has 1 fully saturated rings. The molecule has 0 saturated carbocycles. The molecule has 1 amide bonds. The minimum absolute atomic E-state index is 0.0782. The van der Waals surface area contributed by atoms with Crippen molar-refractivity contribution in [3.8, 4) is 0 Å². The Labute approximate surface area is 146 Å². The van der Waals surface area contributed by atoms with Gasteiger partial charge < -0.3 is 14.0 Å². The fourth-order valence-corrected chi connectivity index (χ4v) is 3.47. The molecule has 1 unspecified atom stereocenters. The summed E-state index contributed by atoms with van der Waals surface area (Å²) in [4.78, 5) is 19.3. The van der Waals surface area contributed by atoms with E-state index in [-0.39, 0.29) is 17.9 Å². The summed E-state index contributed by atoms with van der Waals surface area (Å²) in [5.74, 6) is 1.55. The van der Waals surface area contributed by atoms with Crippen LogP contribution in [0.3, 0.4) is 0 Å². The van der Waals surface area contributed by atoms with Gasteiger partial charge in [-0.25, -0.2) is 0 Å². The van der Waals surface area contributed by atoms with Crippen LogP contribution >= 0.6 is 0 Å². The standard InChI is InChI=1S/C19H22N4O2/c1-13(2)19-20-18(21-25-19)16-8-5-10-23(16)17(24)12-22-11-9-14-6-3-4-7-15(14)22/h3-4,6-7,9,11,13,16H,5,8,10,12H2,1-2H3. The smallest absolute Gasteiger partial charge is 0.243 e. The third-order valence-corrected chi connectivity index (χ3v) is 4.81. The molecule has 1 aliphatic heterocycles. The lowest BCUT2D eigenvalue weighted by Crippen LogP contribution is -2.33. The number of carbonyl (C=O) groups is 1. The second-order valence-corrected chi connectivity index (χ2v) is 6.89. The molecule has 6 nitrogen and oxygen atoms in total. The summed E-state index contributed by atoms with van der Waals surface area (Å²) in [6.07, 6.45) is 3.82. The quantitative estimate of drug-likeness (QED) is 0.730. The van der Waals surface area contributed by atoms with E-state index in [1.165, 1.54) is 0 Å². The number of nitrogens with zero attached hydrogens (tertiary/aromatic N) is 4. The highest BCUT2D eigenvalue weighted by Crippen LogP contribution is 2.31. The van der Waals surface area contributed by atoms with Gasteiger partial charge in [0.15, 0.2) is 5.82 Å². The third-order valence-electron chi connectivity index (χ3n) is 4.81. The average Bonchev–Trinajstić information content (AvgIpc) is 3.34. The molecular weight excluding hydrogens is 316 g/mol. The molecule has 0 bridgehead atoms. The number of rotatable bonds is 4. The highest BCUT2D eigenvalue weighted by Gasteiger charge is 2.33. The van der Waals surface area contributed by atoms with Crippen LogP contribution in [-0.2, 0) is 11.3 Å². The lowest BCUT2D eigenvalue weighted by Gasteiger charge is -2.22. The predicted octanol–water partition coefficient (Wildman–Crippen LogP) is 3.51. The minimum atomic E-state index is -0.0782. The van der Waals surface area contributed by atoms with Crippen LogP contribution in [0.1, 0.15) is 50.4 Å². The van der Waals surface area contributed by atoms with E-state index in [4.69, 9.17) is 4.52 Å². The zero-order valence-corrected chi connectivity index (χ0v) is 14.6. The third kappa shape index (κ3) is 2.92. The maximum Gasteiger partial charge on any atom is 0.243 e. The molecule has 3 heterocycles. The molecule has 25 heavy (non-hydrogen) atoms. The van der Waals surface area contributed by atoms with E-state index < -0.39 is 0 Å². The van der Waals surface area contributed by atoms with Gasteiger partial charge in [-0.15, -0.1) is 0 Å². The summed E-state index contributed by atoms with van der Waals surface area (Å²) >= 11 is 0. The number of carbonyl (C=O) groups excluding carboxylic acids is 1. The van der Waals surface area contributed by atoms with Gasteiger partial charge in [0.25, 0.3) is 0 Å². The van der Waals surface area contributed by atoms with E-state index in [1.807, 2.05) is 53.8 Å². The van der Waals surface area contributed by atoms with Gasteiger partial charge in [-0.3, -0.25) is 4.79 Å². The molecule has 0 spiro atoms. The van der Waals surface area contributed by atoms with Gasteiger partial charge >= 0.3 is 0 Å². The molecule has 0 N–H and O–H groups in total. The van der Waals surface area contributed by atoms with Gasteiger partial charge in [0, 0.05) is 24.2 Å². The Kier molecular flexibility index (Phi) is 4.03. The van der Waals surface area contributed by atoms with Crippen molar-refractivity contribution in [3.05, 3.63) is 48.2 Å². The molecule has 1 atom stereocenters. The summed E-state index contributed by atoms with van der Waals surface area (Å²) in [6, 6.07) is 10.1. The van der Waals surface area contributed by atoms with Crippen LogP contribution in [0, 0.1) is 0 Å². The van der Waals surface area contributed by atoms with Gasteiger partial charge in [-0.05, 0) is 30.4 Å². The van der Waals surface area contributed by atoms with Crippen LogP contribution in [0.4, 0.5) is 0 Å². The summed E-state index contributed by atoms with van der Waals surface area (Å²) in [5, 5.41) is 5.26. The van der Waals surface area contributed by atoms with Crippen molar-refractivity contribution in [2.75, 3.05) is 6.54 Å². The fraction of sp³-hybridized carbons (Fsp3) is 0.421. The van der Waals surface area contributed by atoms with Gasteiger partial charge in [0.2, 0.25) is 11.8 Å². The van der Waals surface area contributed by atoms with Crippen molar-refractivity contribution in [1.82, 2.24) is 19.6 Å². The first kappa shape index (κ1) is 15.9. The van der Waals surface area contributed by atoms with Crippen LogP contribution in [-0.4, -0.2) is 32.1 Å². The predicted molar refractivity (Wildman–Crippen MR) is 94.0 cm³/mol. The second-order valence-electron chi connectivity index (χ2n) is 6.89. The second kappa shape index (κ2) is 6.35. The van der Waals surface area contributed by atoms with Crippen molar-refractivity contribution in [2.45, 2.75) is 45.2 Å². The van der Waals surface area contributed by atoms with Gasteiger partial charge in [0.05, 0.1) is 6.04 Å². The first-order valence-corrected chi connectivity index (χ1v) is 8.80. The van der Waals surface area contributed by atoms with E-state index >= 15 is 0 Å². The number of hydrogen-bond acceptors (Lipinski definition) is 4. The molecule has 6 heteroatoms. The Morgan fingerprint density at radius 3 is 2.96 bits per heavy atom. The summed E-state index contributed by atoms with van der Waals surface area (Å²) in [5.41, 5.74) is 1.08. The molecular formula is C19H22N4O2. The monoisotopic (exact) mass is 338 g/mol. The van der Waals surface area contributed by atoms with Crippen molar-refractivity contribution in [1.29, 1.82) is 0 Å². The van der Waals surface area contributed by atoms with Crippen molar-refractivity contribution >= 4 is 16.8 Å². The van der Waals surface area contributed by atoms with Gasteiger partial charge in [-0.2, -0.15) is 4.98 Å². The summed E-state index contributed by atoms with van der Waals surface area (Å²) in [6.45, 7) is 5.12. The highest BCUT2D eigenvalue weighted by atomic mass is 16.5. The Bertz CT molecular complexity index is 896. The number of hydrogen-bond donors (Lipinski definition) is 0. The normalized spacial score (nSPS) is 17.7. The summed E-state index contributed by atoms with van der Waals surface area (Å²) in [7, 11) is 0. The van der Waals surface area contributed by atoms with Gasteiger partial charge in [-0.1, -0.05) is 37.2 Å². The Morgan fingerprint density at radius 2 is 2.16 bits per heavy atom. The fourth-order valence-electron chi connectivity index (χ4n) is 3.47. The maximum atomic E-state index is 12.9. The van der Waals surface area contributed by atoms with Crippen LogP contribution < -0.4 is 0 Å². The molecule has 0 radical (unpaired) electrons. The molecule has 0 aliphatic carbocycles.